The minimum absolute atomic E-state index is 0.174. The Hall–Kier alpha value is -1.86. The second kappa shape index (κ2) is 6.06. The smallest absolute Gasteiger partial charge is 0.194 e. The molecular formula is C13H15F3N4. The van der Waals surface area contributed by atoms with E-state index < -0.39 is 23.5 Å². The largest absolute Gasteiger partial charge is 0.333 e. The van der Waals surface area contributed by atoms with Crippen LogP contribution in [0.15, 0.2) is 24.5 Å². The van der Waals surface area contributed by atoms with Gasteiger partial charge in [-0.25, -0.2) is 23.6 Å². The number of hydrazine groups is 1. The highest BCUT2D eigenvalue weighted by Crippen LogP contribution is 2.23. The van der Waals surface area contributed by atoms with Crippen LogP contribution in [0.25, 0.3) is 0 Å². The molecule has 0 aliphatic heterocycles. The second-order valence-corrected chi connectivity index (χ2v) is 4.38. The topological polar surface area (TPSA) is 55.9 Å². The van der Waals surface area contributed by atoms with Gasteiger partial charge in [0.15, 0.2) is 17.5 Å². The van der Waals surface area contributed by atoms with Crippen molar-refractivity contribution in [1.82, 2.24) is 15.0 Å². The summed E-state index contributed by atoms with van der Waals surface area (Å²) in [5, 5.41) is 0. The third-order valence-corrected chi connectivity index (χ3v) is 2.98. The van der Waals surface area contributed by atoms with Crippen molar-refractivity contribution in [3.63, 3.8) is 0 Å². The van der Waals surface area contributed by atoms with Gasteiger partial charge in [0.2, 0.25) is 0 Å². The van der Waals surface area contributed by atoms with E-state index in [1.54, 1.807) is 12.4 Å². The summed E-state index contributed by atoms with van der Waals surface area (Å²) in [5.41, 5.74) is 2.63. The fourth-order valence-corrected chi connectivity index (χ4v) is 2.07. The van der Waals surface area contributed by atoms with Crippen LogP contribution in [0, 0.1) is 17.5 Å². The Bertz CT molecular complexity index is 574. The standard InChI is InChI=1S/C13H15F3N4/c1-2-4-20-5-3-18-13(20)12(19-17)8-6-9(14)11(16)10(15)7-8/h3,5-7,12,19H,2,4,17H2,1H3. The molecule has 0 saturated heterocycles. The van der Waals surface area contributed by atoms with E-state index in [2.05, 4.69) is 10.4 Å². The molecule has 2 aromatic rings. The van der Waals surface area contributed by atoms with Crippen molar-refractivity contribution in [3.05, 3.63) is 53.4 Å². The summed E-state index contributed by atoms with van der Waals surface area (Å²) in [7, 11) is 0. The number of imidazole rings is 1. The summed E-state index contributed by atoms with van der Waals surface area (Å²) in [6.07, 6.45) is 4.19. The predicted molar refractivity (Wildman–Crippen MR) is 68.0 cm³/mol. The molecular weight excluding hydrogens is 269 g/mol. The van der Waals surface area contributed by atoms with Crippen LogP contribution in [-0.4, -0.2) is 9.55 Å². The van der Waals surface area contributed by atoms with Crippen molar-refractivity contribution in [2.75, 3.05) is 0 Å². The lowest BCUT2D eigenvalue weighted by Crippen LogP contribution is -2.31. The normalized spacial score (nSPS) is 12.7. The van der Waals surface area contributed by atoms with Crippen LogP contribution >= 0.6 is 0 Å². The fraction of sp³-hybridized carbons (Fsp3) is 0.308. The van der Waals surface area contributed by atoms with Crippen LogP contribution in [0.3, 0.4) is 0 Å². The minimum atomic E-state index is -1.50. The van der Waals surface area contributed by atoms with Gasteiger partial charge in [0.1, 0.15) is 11.9 Å². The summed E-state index contributed by atoms with van der Waals surface area (Å²) in [4.78, 5) is 4.15. The zero-order chi connectivity index (χ0) is 14.7. The molecule has 0 aliphatic carbocycles. The number of nitrogens with one attached hydrogen (secondary N) is 1. The molecule has 1 aromatic heterocycles. The van der Waals surface area contributed by atoms with Crippen molar-refractivity contribution in [3.8, 4) is 0 Å². The Morgan fingerprint density at radius 3 is 2.50 bits per heavy atom. The maximum Gasteiger partial charge on any atom is 0.194 e. The summed E-state index contributed by atoms with van der Waals surface area (Å²) >= 11 is 0. The number of nitrogens with zero attached hydrogens (tertiary/aromatic N) is 2. The summed E-state index contributed by atoms with van der Waals surface area (Å²) in [6.45, 7) is 2.69. The summed E-state index contributed by atoms with van der Waals surface area (Å²) in [5.74, 6) is 1.96. The number of aromatic nitrogens is 2. The van der Waals surface area contributed by atoms with E-state index in [0.29, 0.717) is 12.4 Å². The van der Waals surface area contributed by atoms with Crippen LogP contribution in [0.2, 0.25) is 0 Å². The van der Waals surface area contributed by atoms with Crippen LogP contribution in [0.1, 0.15) is 30.8 Å². The molecule has 0 bridgehead atoms. The number of hydrogen-bond donors (Lipinski definition) is 2. The average molecular weight is 284 g/mol. The maximum absolute atomic E-state index is 13.3. The first-order valence-electron chi connectivity index (χ1n) is 6.20. The highest BCUT2D eigenvalue weighted by molar-refractivity contribution is 5.27. The van der Waals surface area contributed by atoms with Gasteiger partial charge in [-0.15, -0.1) is 0 Å². The van der Waals surface area contributed by atoms with E-state index in [4.69, 9.17) is 5.84 Å². The molecule has 108 valence electrons. The molecule has 0 radical (unpaired) electrons. The number of aryl methyl sites for hydroxylation is 1. The zero-order valence-corrected chi connectivity index (χ0v) is 10.9. The van der Waals surface area contributed by atoms with E-state index in [0.717, 1.165) is 18.6 Å². The number of rotatable bonds is 5. The second-order valence-electron chi connectivity index (χ2n) is 4.38. The zero-order valence-electron chi connectivity index (χ0n) is 10.9. The highest BCUT2D eigenvalue weighted by atomic mass is 19.2. The SMILES string of the molecule is CCCn1ccnc1C(NN)c1cc(F)c(F)c(F)c1. The third-order valence-electron chi connectivity index (χ3n) is 2.98. The van der Waals surface area contributed by atoms with Gasteiger partial charge in [-0.2, -0.15) is 0 Å². The van der Waals surface area contributed by atoms with Crippen LogP contribution in [0.5, 0.6) is 0 Å². The Labute approximate surface area is 114 Å². The fourth-order valence-electron chi connectivity index (χ4n) is 2.07. The molecule has 2 rings (SSSR count). The molecule has 0 spiro atoms. The van der Waals surface area contributed by atoms with Gasteiger partial charge in [-0.3, -0.25) is 5.84 Å². The molecule has 0 fully saturated rings. The van der Waals surface area contributed by atoms with Crippen molar-refractivity contribution in [2.24, 2.45) is 5.84 Å². The maximum atomic E-state index is 13.3. The van der Waals surface area contributed by atoms with E-state index in [1.807, 2.05) is 11.5 Å². The Kier molecular flexibility index (Phi) is 4.41. The molecule has 7 heteroatoms. The molecule has 1 aromatic carbocycles. The molecule has 0 amide bonds. The number of halogens is 3. The Balaban J connectivity index is 2.44. The van der Waals surface area contributed by atoms with Crippen molar-refractivity contribution in [2.45, 2.75) is 25.9 Å². The number of nitrogens with two attached hydrogens (primary N) is 1. The molecule has 20 heavy (non-hydrogen) atoms. The quantitative estimate of drug-likeness (QED) is 0.503. The van der Waals surface area contributed by atoms with Gasteiger partial charge >= 0.3 is 0 Å². The van der Waals surface area contributed by atoms with Gasteiger partial charge in [0, 0.05) is 18.9 Å². The molecule has 1 unspecified atom stereocenters. The molecule has 1 heterocycles. The Morgan fingerprint density at radius 1 is 1.30 bits per heavy atom. The molecule has 1 atom stereocenters. The van der Waals surface area contributed by atoms with Gasteiger partial charge in [-0.1, -0.05) is 6.92 Å². The lowest BCUT2D eigenvalue weighted by Gasteiger charge is -2.18. The van der Waals surface area contributed by atoms with Gasteiger partial charge in [-0.05, 0) is 24.1 Å². The van der Waals surface area contributed by atoms with Gasteiger partial charge in [0.05, 0.1) is 0 Å². The monoisotopic (exact) mass is 284 g/mol. The van der Waals surface area contributed by atoms with Crippen molar-refractivity contribution in [1.29, 1.82) is 0 Å². The molecule has 0 saturated carbocycles. The van der Waals surface area contributed by atoms with Crippen molar-refractivity contribution >= 4 is 0 Å². The number of hydrogen-bond acceptors (Lipinski definition) is 3. The van der Waals surface area contributed by atoms with E-state index in [-0.39, 0.29) is 5.56 Å². The predicted octanol–water partition coefficient (Wildman–Crippen LogP) is 2.26. The van der Waals surface area contributed by atoms with E-state index >= 15 is 0 Å². The van der Waals surface area contributed by atoms with Crippen LogP contribution in [-0.2, 0) is 6.54 Å². The molecule has 4 nitrogen and oxygen atoms in total. The minimum Gasteiger partial charge on any atom is -0.333 e. The number of benzene rings is 1. The average Bonchev–Trinajstić information content (AvgIpc) is 2.86. The van der Waals surface area contributed by atoms with E-state index in [1.165, 1.54) is 0 Å². The first-order valence-corrected chi connectivity index (χ1v) is 6.20. The summed E-state index contributed by atoms with van der Waals surface area (Å²) < 4.78 is 41.5. The molecule has 3 N–H and O–H groups in total. The van der Waals surface area contributed by atoms with Crippen molar-refractivity contribution < 1.29 is 13.2 Å². The summed E-state index contributed by atoms with van der Waals surface area (Å²) in [6, 6.07) is 1.10. The van der Waals surface area contributed by atoms with Crippen LogP contribution in [0.4, 0.5) is 13.2 Å². The van der Waals surface area contributed by atoms with Crippen LogP contribution < -0.4 is 11.3 Å². The first kappa shape index (κ1) is 14.5. The first-order chi connectivity index (χ1) is 9.58. The van der Waals surface area contributed by atoms with Gasteiger partial charge < -0.3 is 4.57 Å². The lowest BCUT2D eigenvalue weighted by molar-refractivity contribution is 0.441. The third kappa shape index (κ3) is 2.68. The van der Waals surface area contributed by atoms with Gasteiger partial charge in [0.25, 0.3) is 0 Å². The van der Waals surface area contributed by atoms with E-state index in [9.17, 15) is 13.2 Å². The lowest BCUT2D eigenvalue weighted by atomic mass is 10.1. The Morgan fingerprint density at radius 2 is 1.95 bits per heavy atom. The highest BCUT2D eigenvalue weighted by Gasteiger charge is 2.21. The molecule has 0 aliphatic rings.